The van der Waals surface area contributed by atoms with Gasteiger partial charge in [-0.05, 0) is 38.8 Å². The number of halogens is 1. The van der Waals surface area contributed by atoms with Crippen LogP contribution in [-0.4, -0.2) is 35.4 Å². The Balaban J connectivity index is 2.08. The minimum absolute atomic E-state index is 0.165. The van der Waals surface area contributed by atoms with Crippen molar-refractivity contribution in [2.75, 3.05) is 16.5 Å². The van der Waals surface area contributed by atoms with Gasteiger partial charge in [0.15, 0.2) is 0 Å². The number of carbonyl (C=O) groups is 3. The summed E-state index contributed by atoms with van der Waals surface area (Å²) in [6.07, 6.45) is 0.554. The average Bonchev–Trinajstić information content (AvgIpc) is 2.52. The summed E-state index contributed by atoms with van der Waals surface area (Å²) < 4.78 is 5.19. The molecule has 0 spiro atoms. The van der Waals surface area contributed by atoms with Crippen LogP contribution in [-0.2, 0) is 20.7 Å². The zero-order chi connectivity index (χ0) is 19.3. The van der Waals surface area contributed by atoms with Gasteiger partial charge in [-0.1, -0.05) is 12.1 Å². The first-order valence-corrected chi connectivity index (χ1v) is 9.01. The van der Waals surface area contributed by atoms with E-state index in [9.17, 15) is 14.4 Å². The number of carbonyl (C=O) groups excluding carboxylic acids is 3. The molecule has 26 heavy (non-hydrogen) atoms. The maximum Gasteiger partial charge on any atom is 0.408 e. The minimum atomic E-state index is -0.737. The van der Waals surface area contributed by atoms with E-state index in [1.165, 1.54) is 0 Å². The molecule has 0 aromatic heterocycles. The van der Waals surface area contributed by atoms with Crippen molar-refractivity contribution in [2.45, 2.75) is 51.7 Å². The SMILES string of the molecule is CC(C)(C)OC(=O)NC1Cc2cccc(NC(=O)CCCCl)c2NC1=O. The van der Waals surface area contributed by atoms with Crippen LogP contribution in [0.15, 0.2) is 18.2 Å². The second-order valence-corrected chi connectivity index (χ2v) is 7.45. The van der Waals surface area contributed by atoms with Gasteiger partial charge in [-0.15, -0.1) is 11.6 Å². The molecule has 1 aromatic carbocycles. The van der Waals surface area contributed by atoms with Crippen LogP contribution >= 0.6 is 11.6 Å². The van der Waals surface area contributed by atoms with Gasteiger partial charge >= 0.3 is 6.09 Å². The van der Waals surface area contributed by atoms with Crippen LogP contribution in [0.25, 0.3) is 0 Å². The molecule has 2 rings (SSSR count). The summed E-state index contributed by atoms with van der Waals surface area (Å²) in [7, 11) is 0. The van der Waals surface area contributed by atoms with Crippen molar-refractivity contribution in [2.24, 2.45) is 0 Å². The zero-order valence-electron chi connectivity index (χ0n) is 15.1. The quantitative estimate of drug-likeness (QED) is 0.683. The van der Waals surface area contributed by atoms with Gasteiger partial charge in [0.25, 0.3) is 0 Å². The summed E-state index contributed by atoms with van der Waals surface area (Å²) in [5, 5.41) is 8.13. The van der Waals surface area contributed by atoms with Gasteiger partial charge in [0.1, 0.15) is 11.6 Å². The molecule has 1 heterocycles. The van der Waals surface area contributed by atoms with Gasteiger partial charge in [-0.2, -0.15) is 0 Å². The van der Waals surface area contributed by atoms with Crippen molar-refractivity contribution in [1.29, 1.82) is 0 Å². The second-order valence-electron chi connectivity index (χ2n) is 7.07. The first-order valence-electron chi connectivity index (χ1n) is 8.47. The van der Waals surface area contributed by atoms with Crippen molar-refractivity contribution in [3.8, 4) is 0 Å². The summed E-state index contributed by atoms with van der Waals surface area (Å²) in [6.45, 7) is 5.26. The Kier molecular flexibility index (Phi) is 6.47. The van der Waals surface area contributed by atoms with Crippen LogP contribution in [0, 0.1) is 0 Å². The van der Waals surface area contributed by atoms with Crippen LogP contribution in [0.2, 0.25) is 0 Å². The molecule has 1 atom stereocenters. The molecule has 1 aliphatic rings. The van der Waals surface area contributed by atoms with E-state index in [4.69, 9.17) is 16.3 Å². The normalized spacial score (nSPS) is 16.3. The number of anilines is 2. The number of ether oxygens (including phenoxy) is 1. The highest BCUT2D eigenvalue weighted by Gasteiger charge is 2.30. The van der Waals surface area contributed by atoms with Gasteiger partial charge in [-0.25, -0.2) is 4.79 Å². The number of rotatable bonds is 5. The standard InChI is InChI=1S/C18H24ClN3O4/c1-18(2,3)26-17(25)21-13-10-11-6-4-7-12(15(11)22-16(13)24)20-14(23)8-5-9-19/h4,6-7,13H,5,8-10H2,1-3H3,(H,20,23)(H,21,25)(H,22,24). The van der Waals surface area contributed by atoms with E-state index in [2.05, 4.69) is 16.0 Å². The van der Waals surface area contributed by atoms with E-state index in [1.807, 2.05) is 6.07 Å². The number of alkyl carbamates (subject to hydrolysis) is 1. The van der Waals surface area contributed by atoms with Crippen LogP contribution in [0.3, 0.4) is 0 Å². The number of fused-ring (bicyclic) bond motifs is 1. The maximum atomic E-state index is 12.4. The van der Waals surface area contributed by atoms with E-state index in [0.29, 0.717) is 36.5 Å². The Morgan fingerprint density at radius 3 is 2.73 bits per heavy atom. The molecule has 0 saturated heterocycles. The highest BCUT2D eigenvalue weighted by atomic mass is 35.5. The van der Waals surface area contributed by atoms with Crippen molar-refractivity contribution in [1.82, 2.24) is 5.32 Å². The molecule has 0 fully saturated rings. The monoisotopic (exact) mass is 381 g/mol. The lowest BCUT2D eigenvalue weighted by molar-refractivity contribution is -0.118. The van der Waals surface area contributed by atoms with E-state index < -0.39 is 17.7 Å². The average molecular weight is 382 g/mol. The predicted molar refractivity (Wildman–Crippen MR) is 101 cm³/mol. The van der Waals surface area contributed by atoms with Crippen molar-refractivity contribution >= 4 is 40.9 Å². The lowest BCUT2D eigenvalue weighted by Gasteiger charge is -2.28. The Bertz CT molecular complexity index is 700. The van der Waals surface area contributed by atoms with Crippen molar-refractivity contribution in [3.63, 3.8) is 0 Å². The van der Waals surface area contributed by atoms with E-state index in [0.717, 1.165) is 5.56 Å². The number of benzene rings is 1. The molecule has 142 valence electrons. The molecular weight excluding hydrogens is 358 g/mol. The molecule has 1 aliphatic heterocycles. The molecule has 0 bridgehead atoms. The number of para-hydroxylation sites is 1. The van der Waals surface area contributed by atoms with Gasteiger partial charge in [0.2, 0.25) is 11.8 Å². The fourth-order valence-corrected chi connectivity index (χ4v) is 2.69. The van der Waals surface area contributed by atoms with Crippen molar-refractivity contribution < 1.29 is 19.1 Å². The van der Waals surface area contributed by atoms with E-state index in [-0.39, 0.29) is 11.8 Å². The third-order valence-electron chi connectivity index (χ3n) is 3.64. The number of hydrogen-bond donors (Lipinski definition) is 3. The first-order chi connectivity index (χ1) is 12.2. The Morgan fingerprint density at radius 2 is 2.08 bits per heavy atom. The molecule has 7 nitrogen and oxygen atoms in total. The lowest BCUT2D eigenvalue weighted by Crippen LogP contribution is -2.49. The maximum absolute atomic E-state index is 12.4. The molecule has 0 aliphatic carbocycles. The first kappa shape index (κ1) is 20.0. The minimum Gasteiger partial charge on any atom is -0.444 e. The summed E-state index contributed by atoms with van der Waals surface area (Å²) >= 11 is 5.60. The summed E-state index contributed by atoms with van der Waals surface area (Å²) in [6, 6.07) is 4.61. The van der Waals surface area contributed by atoms with Crippen LogP contribution in [0.1, 0.15) is 39.2 Å². The molecule has 8 heteroatoms. The third kappa shape index (κ3) is 5.62. The molecule has 1 unspecified atom stereocenters. The molecule has 0 saturated carbocycles. The summed E-state index contributed by atoms with van der Waals surface area (Å²) in [5.74, 6) is -0.108. The van der Waals surface area contributed by atoms with Crippen LogP contribution in [0.4, 0.5) is 16.2 Å². The van der Waals surface area contributed by atoms with Gasteiger partial charge in [-0.3, -0.25) is 9.59 Å². The summed E-state index contributed by atoms with van der Waals surface area (Å²) in [4.78, 5) is 36.2. The molecule has 3 amide bonds. The fraction of sp³-hybridized carbons (Fsp3) is 0.500. The third-order valence-corrected chi connectivity index (χ3v) is 3.91. The molecule has 1 aromatic rings. The lowest BCUT2D eigenvalue weighted by atomic mass is 9.98. The molecule has 0 radical (unpaired) electrons. The number of hydrogen-bond acceptors (Lipinski definition) is 4. The molecular formula is C18H24ClN3O4. The highest BCUT2D eigenvalue weighted by Crippen LogP contribution is 2.31. The van der Waals surface area contributed by atoms with E-state index >= 15 is 0 Å². The number of nitrogens with one attached hydrogen (secondary N) is 3. The smallest absolute Gasteiger partial charge is 0.408 e. The number of alkyl halides is 1. The zero-order valence-corrected chi connectivity index (χ0v) is 15.9. The topological polar surface area (TPSA) is 96.5 Å². The highest BCUT2D eigenvalue weighted by molar-refractivity contribution is 6.18. The van der Waals surface area contributed by atoms with Crippen LogP contribution < -0.4 is 16.0 Å². The molecule has 3 N–H and O–H groups in total. The van der Waals surface area contributed by atoms with Gasteiger partial charge < -0.3 is 20.7 Å². The Labute approximate surface area is 157 Å². The Hall–Kier alpha value is -2.28. The van der Waals surface area contributed by atoms with Gasteiger partial charge in [0, 0.05) is 18.7 Å². The van der Waals surface area contributed by atoms with Gasteiger partial charge in [0.05, 0.1) is 11.4 Å². The number of amides is 3. The fourth-order valence-electron chi connectivity index (χ4n) is 2.55. The van der Waals surface area contributed by atoms with E-state index in [1.54, 1.807) is 32.9 Å². The predicted octanol–water partition coefficient (Wildman–Crippen LogP) is 3.03. The largest absolute Gasteiger partial charge is 0.444 e. The second kappa shape index (κ2) is 8.40. The van der Waals surface area contributed by atoms with Crippen LogP contribution in [0.5, 0.6) is 0 Å². The Morgan fingerprint density at radius 1 is 1.35 bits per heavy atom. The summed E-state index contributed by atoms with van der Waals surface area (Å²) in [5.41, 5.74) is 1.26. The van der Waals surface area contributed by atoms with Crippen molar-refractivity contribution in [3.05, 3.63) is 23.8 Å².